The smallest absolute Gasteiger partial charge is 0.228 e. The molecule has 0 unspecified atom stereocenters. The Kier molecular flexibility index (Phi) is 6.25. The minimum Gasteiger partial charge on any atom is -0.497 e. The minimum absolute atomic E-state index is 0.137. The molecular formula is C18H19ClN2O4. The normalized spacial score (nSPS) is 10.1. The van der Waals surface area contributed by atoms with Crippen LogP contribution < -0.4 is 20.1 Å². The van der Waals surface area contributed by atoms with E-state index in [1.54, 1.807) is 43.5 Å². The molecule has 0 spiro atoms. The lowest BCUT2D eigenvalue weighted by Gasteiger charge is -2.12. The molecule has 25 heavy (non-hydrogen) atoms. The molecule has 2 rings (SSSR count). The van der Waals surface area contributed by atoms with Gasteiger partial charge in [0.25, 0.3) is 0 Å². The van der Waals surface area contributed by atoms with Crippen molar-refractivity contribution in [3.05, 3.63) is 47.0 Å². The van der Waals surface area contributed by atoms with Gasteiger partial charge in [-0.15, -0.1) is 0 Å². The predicted molar refractivity (Wildman–Crippen MR) is 97.6 cm³/mol. The van der Waals surface area contributed by atoms with Gasteiger partial charge in [0.05, 0.1) is 31.4 Å². The lowest BCUT2D eigenvalue weighted by molar-refractivity contribution is -0.116. The van der Waals surface area contributed by atoms with Gasteiger partial charge in [0.15, 0.2) is 0 Å². The van der Waals surface area contributed by atoms with Crippen LogP contribution >= 0.6 is 11.6 Å². The minimum atomic E-state index is -0.217. The average Bonchev–Trinajstić information content (AvgIpc) is 2.57. The molecular weight excluding hydrogens is 344 g/mol. The number of anilines is 2. The monoisotopic (exact) mass is 362 g/mol. The summed E-state index contributed by atoms with van der Waals surface area (Å²) in [4.78, 5) is 23.3. The van der Waals surface area contributed by atoms with Crippen LogP contribution in [0.3, 0.4) is 0 Å². The molecule has 0 atom stereocenters. The van der Waals surface area contributed by atoms with Gasteiger partial charge in [-0.2, -0.15) is 0 Å². The van der Waals surface area contributed by atoms with Crippen LogP contribution in [0.2, 0.25) is 5.02 Å². The van der Waals surface area contributed by atoms with Gasteiger partial charge >= 0.3 is 0 Å². The third-order valence-electron chi connectivity index (χ3n) is 3.41. The van der Waals surface area contributed by atoms with E-state index in [2.05, 4.69) is 10.6 Å². The van der Waals surface area contributed by atoms with Crippen LogP contribution in [0.5, 0.6) is 11.5 Å². The van der Waals surface area contributed by atoms with Crippen LogP contribution in [0.1, 0.15) is 12.5 Å². The fraction of sp³-hybridized carbons (Fsp3) is 0.222. The number of halogens is 1. The van der Waals surface area contributed by atoms with Crippen molar-refractivity contribution >= 4 is 34.8 Å². The van der Waals surface area contributed by atoms with Crippen LogP contribution in [0.4, 0.5) is 11.4 Å². The first-order chi connectivity index (χ1) is 11.9. The molecule has 2 aromatic carbocycles. The molecule has 2 aromatic rings. The number of carbonyl (C=O) groups excluding carboxylic acids is 2. The molecule has 2 amide bonds. The summed E-state index contributed by atoms with van der Waals surface area (Å²) in [6.45, 7) is 1.40. The van der Waals surface area contributed by atoms with Crippen molar-refractivity contribution in [1.82, 2.24) is 0 Å². The standard InChI is InChI=1S/C18H19ClN2O4/c1-11(22)20-16-7-5-13(9-15(16)19)21-18(23)8-12-4-6-14(24-2)10-17(12)25-3/h4-7,9-10H,8H2,1-3H3,(H,20,22)(H,21,23). The quantitative estimate of drug-likeness (QED) is 0.824. The van der Waals surface area contributed by atoms with Crippen LogP contribution in [0.15, 0.2) is 36.4 Å². The van der Waals surface area contributed by atoms with Crippen molar-refractivity contribution < 1.29 is 19.1 Å². The Labute approximate surface area is 151 Å². The van der Waals surface area contributed by atoms with Crippen molar-refractivity contribution in [3.8, 4) is 11.5 Å². The molecule has 0 heterocycles. The van der Waals surface area contributed by atoms with E-state index < -0.39 is 0 Å². The van der Waals surface area contributed by atoms with Crippen molar-refractivity contribution in [2.45, 2.75) is 13.3 Å². The maximum Gasteiger partial charge on any atom is 0.228 e. The van der Waals surface area contributed by atoms with Crippen molar-refractivity contribution in [3.63, 3.8) is 0 Å². The molecule has 0 saturated carbocycles. The number of ether oxygens (including phenoxy) is 2. The van der Waals surface area contributed by atoms with Gasteiger partial charge in [-0.05, 0) is 24.3 Å². The molecule has 0 aliphatic carbocycles. The van der Waals surface area contributed by atoms with E-state index in [9.17, 15) is 9.59 Å². The Balaban J connectivity index is 2.08. The number of rotatable bonds is 6. The number of nitrogens with one attached hydrogen (secondary N) is 2. The van der Waals surface area contributed by atoms with Gasteiger partial charge in [-0.3, -0.25) is 9.59 Å². The van der Waals surface area contributed by atoms with Crippen LogP contribution in [-0.2, 0) is 16.0 Å². The molecule has 0 bridgehead atoms. The molecule has 0 aliphatic heterocycles. The van der Waals surface area contributed by atoms with E-state index >= 15 is 0 Å². The fourth-order valence-electron chi connectivity index (χ4n) is 2.26. The SMILES string of the molecule is COc1ccc(CC(=O)Nc2ccc(NC(C)=O)c(Cl)c2)c(OC)c1. The molecule has 0 aromatic heterocycles. The zero-order valence-electron chi connectivity index (χ0n) is 14.2. The summed E-state index contributed by atoms with van der Waals surface area (Å²) in [6, 6.07) is 10.2. The largest absolute Gasteiger partial charge is 0.497 e. The van der Waals surface area contributed by atoms with E-state index in [1.165, 1.54) is 14.0 Å². The molecule has 0 fully saturated rings. The maximum absolute atomic E-state index is 12.3. The summed E-state index contributed by atoms with van der Waals surface area (Å²) in [5, 5.41) is 5.72. The average molecular weight is 363 g/mol. The highest BCUT2D eigenvalue weighted by atomic mass is 35.5. The van der Waals surface area contributed by atoms with Crippen molar-refractivity contribution in [1.29, 1.82) is 0 Å². The first-order valence-electron chi connectivity index (χ1n) is 7.51. The van der Waals surface area contributed by atoms with E-state index in [-0.39, 0.29) is 18.2 Å². The van der Waals surface area contributed by atoms with Crippen LogP contribution in [0, 0.1) is 0 Å². The summed E-state index contributed by atoms with van der Waals surface area (Å²) in [5.74, 6) is 0.798. The summed E-state index contributed by atoms with van der Waals surface area (Å²) >= 11 is 6.10. The Bertz CT molecular complexity index is 793. The topological polar surface area (TPSA) is 76.7 Å². The molecule has 7 heteroatoms. The predicted octanol–water partition coefficient (Wildman–Crippen LogP) is 3.50. The molecule has 0 aliphatic rings. The zero-order valence-corrected chi connectivity index (χ0v) is 14.9. The van der Waals surface area contributed by atoms with E-state index in [1.807, 2.05) is 0 Å². The highest BCUT2D eigenvalue weighted by Crippen LogP contribution is 2.27. The Morgan fingerprint density at radius 2 is 1.80 bits per heavy atom. The molecule has 6 nitrogen and oxygen atoms in total. The van der Waals surface area contributed by atoms with Gasteiger partial charge in [-0.25, -0.2) is 0 Å². The number of methoxy groups -OCH3 is 2. The van der Waals surface area contributed by atoms with E-state index in [0.29, 0.717) is 27.9 Å². The number of hydrogen-bond donors (Lipinski definition) is 2. The summed E-state index contributed by atoms with van der Waals surface area (Å²) in [7, 11) is 3.10. The second-order valence-electron chi connectivity index (χ2n) is 5.28. The molecule has 0 saturated heterocycles. The Hall–Kier alpha value is -2.73. The highest BCUT2D eigenvalue weighted by molar-refractivity contribution is 6.34. The zero-order chi connectivity index (χ0) is 18.4. The van der Waals surface area contributed by atoms with E-state index in [0.717, 1.165) is 5.56 Å². The Morgan fingerprint density at radius 1 is 1.04 bits per heavy atom. The number of benzene rings is 2. The first kappa shape index (κ1) is 18.6. The van der Waals surface area contributed by atoms with Crippen LogP contribution in [-0.4, -0.2) is 26.0 Å². The van der Waals surface area contributed by atoms with Crippen molar-refractivity contribution in [2.75, 3.05) is 24.9 Å². The van der Waals surface area contributed by atoms with Crippen molar-refractivity contribution in [2.24, 2.45) is 0 Å². The molecule has 132 valence electrons. The third kappa shape index (κ3) is 5.12. The van der Waals surface area contributed by atoms with Gasteiger partial charge in [0.2, 0.25) is 11.8 Å². The second-order valence-corrected chi connectivity index (χ2v) is 5.69. The first-order valence-corrected chi connectivity index (χ1v) is 7.88. The Morgan fingerprint density at radius 3 is 2.40 bits per heavy atom. The molecule has 0 radical (unpaired) electrons. The van der Waals surface area contributed by atoms with Gasteiger partial charge in [0, 0.05) is 24.2 Å². The highest BCUT2D eigenvalue weighted by Gasteiger charge is 2.11. The summed E-state index contributed by atoms with van der Waals surface area (Å²) in [5.41, 5.74) is 1.77. The fourth-order valence-corrected chi connectivity index (χ4v) is 2.49. The van der Waals surface area contributed by atoms with Crippen LogP contribution in [0.25, 0.3) is 0 Å². The third-order valence-corrected chi connectivity index (χ3v) is 3.72. The number of carbonyl (C=O) groups is 2. The van der Waals surface area contributed by atoms with E-state index in [4.69, 9.17) is 21.1 Å². The lowest BCUT2D eigenvalue weighted by atomic mass is 10.1. The summed E-state index contributed by atoms with van der Waals surface area (Å²) in [6.07, 6.45) is 0.137. The van der Waals surface area contributed by atoms with Gasteiger partial charge < -0.3 is 20.1 Å². The second kappa shape index (κ2) is 8.39. The van der Waals surface area contributed by atoms with Gasteiger partial charge in [-0.1, -0.05) is 17.7 Å². The number of hydrogen-bond acceptors (Lipinski definition) is 4. The van der Waals surface area contributed by atoms with Gasteiger partial charge in [0.1, 0.15) is 11.5 Å². The summed E-state index contributed by atoms with van der Waals surface area (Å²) < 4.78 is 10.4. The molecule has 2 N–H and O–H groups in total. The lowest BCUT2D eigenvalue weighted by Crippen LogP contribution is -2.15. The number of amides is 2. The maximum atomic E-state index is 12.3.